The minimum absolute atomic E-state index is 0.232. The molecule has 1 saturated heterocycles. The van der Waals surface area contributed by atoms with E-state index >= 15 is 0 Å². The molecule has 3 rings (SSSR count). The Kier molecular flexibility index (Phi) is 11.0. The van der Waals surface area contributed by atoms with Crippen LogP contribution in [0.25, 0.3) is 0 Å². The van der Waals surface area contributed by atoms with Crippen molar-refractivity contribution in [3.8, 4) is 0 Å². The monoisotopic (exact) mass is 617 g/mol. The van der Waals surface area contributed by atoms with Crippen LogP contribution in [0.4, 0.5) is 45.2 Å². The molecule has 0 unspecified atom stereocenters. The number of aliphatic hydroxyl groups is 1. The summed E-state index contributed by atoms with van der Waals surface area (Å²) in [5, 5.41) is 21.8. The lowest BCUT2D eigenvalue weighted by Crippen LogP contribution is -2.53. The number of rotatable bonds is 7. The van der Waals surface area contributed by atoms with Crippen molar-refractivity contribution in [3.05, 3.63) is 65.2 Å². The number of anilines is 1. The number of aliphatic carboxylic acids is 1. The average Bonchev–Trinajstić information content (AvgIpc) is 3.40. The third kappa shape index (κ3) is 8.82. The first kappa shape index (κ1) is 34.3. The first-order valence-electron chi connectivity index (χ1n) is 12.0. The highest BCUT2D eigenvalue weighted by atomic mass is 19.4. The Morgan fingerprint density at radius 2 is 1.17 bits per heavy atom. The molecule has 0 bridgehead atoms. The van der Waals surface area contributed by atoms with E-state index in [0.717, 1.165) is 44.6 Å². The van der Waals surface area contributed by atoms with Crippen molar-refractivity contribution in [1.82, 2.24) is 10.2 Å². The van der Waals surface area contributed by atoms with Crippen LogP contribution in [0, 0.1) is 0 Å². The first-order valence-corrected chi connectivity index (χ1v) is 12.0. The van der Waals surface area contributed by atoms with E-state index in [9.17, 15) is 54.2 Å². The van der Waals surface area contributed by atoms with Crippen molar-refractivity contribution in [2.45, 2.75) is 37.0 Å². The molecule has 4 N–H and O–H groups in total. The summed E-state index contributed by atoms with van der Waals surface area (Å²) in [6.45, 7) is 3.27. The highest BCUT2D eigenvalue weighted by Gasteiger charge is 2.71. The van der Waals surface area contributed by atoms with Gasteiger partial charge in [0.15, 0.2) is 0 Å². The molecule has 232 valence electrons. The molecule has 2 amide bonds. The van der Waals surface area contributed by atoms with Gasteiger partial charge in [-0.2, -0.15) is 39.5 Å². The SMILES string of the molecule is O=C(NCCN1CCCC1)c1ccc(NC(=O)c2ccc(C(O)(C(F)(F)F)C(F)(F)F)cc2)cc1.O=C(O)C(F)(F)F. The van der Waals surface area contributed by atoms with Crippen LogP contribution >= 0.6 is 0 Å². The second-order valence-corrected chi connectivity index (χ2v) is 8.92. The largest absolute Gasteiger partial charge is 0.490 e. The molecular formula is C25H24F9N3O5. The Balaban J connectivity index is 0.000000782. The molecule has 0 aliphatic carbocycles. The Morgan fingerprint density at radius 1 is 0.738 bits per heavy atom. The van der Waals surface area contributed by atoms with Crippen LogP contribution in [0.15, 0.2) is 48.5 Å². The van der Waals surface area contributed by atoms with Crippen LogP contribution in [-0.4, -0.2) is 77.6 Å². The molecule has 17 heteroatoms. The molecule has 0 spiro atoms. The third-order valence-electron chi connectivity index (χ3n) is 5.95. The van der Waals surface area contributed by atoms with Crippen molar-refractivity contribution in [3.63, 3.8) is 0 Å². The number of carbonyl (C=O) groups excluding carboxylic acids is 2. The standard InChI is InChI=1S/C23H23F6N3O3.C2HF3O2/c24-22(25,26)21(35,23(27,28)29)17-7-3-16(4-8-17)20(34)31-18-9-5-15(6-10-18)19(33)30-11-14-32-12-1-2-13-32;3-2(4,5)1(6)7/h3-10,35H,1-2,11-14H2,(H,30,33)(H,31,34);(H,6,7). The van der Waals surface area contributed by atoms with Gasteiger partial charge >= 0.3 is 24.5 Å². The molecule has 0 atom stereocenters. The van der Waals surface area contributed by atoms with E-state index in [2.05, 4.69) is 15.5 Å². The van der Waals surface area contributed by atoms with Gasteiger partial charge < -0.3 is 25.7 Å². The molecule has 8 nitrogen and oxygen atoms in total. The van der Waals surface area contributed by atoms with Gasteiger partial charge in [0.1, 0.15) is 0 Å². The highest BCUT2D eigenvalue weighted by molar-refractivity contribution is 6.04. The number of carboxylic acid groups (broad SMARTS) is 1. The zero-order valence-electron chi connectivity index (χ0n) is 21.3. The number of halogens is 9. The topological polar surface area (TPSA) is 119 Å². The summed E-state index contributed by atoms with van der Waals surface area (Å²) in [4.78, 5) is 35.7. The van der Waals surface area contributed by atoms with Gasteiger partial charge in [-0.25, -0.2) is 4.79 Å². The van der Waals surface area contributed by atoms with Crippen molar-refractivity contribution < 1.29 is 64.1 Å². The number of carboxylic acids is 1. The van der Waals surface area contributed by atoms with E-state index in [0.29, 0.717) is 24.2 Å². The second-order valence-electron chi connectivity index (χ2n) is 8.92. The predicted octanol–water partition coefficient (Wildman–Crippen LogP) is 4.71. The van der Waals surface area contributed by atoms with Gasteiger partial charge in [0.2, 0.25) is 0 Å². The fraction of sp³-hybridized carbons (Fsp3) is 0.400. The van der Waals surface area contributed by atoms with E-state index < -0.39 is 41.6 Å². The minimum Gasteiger partial charge on any atom is -0.475 e. The smallest absolute Gasteiger partial charge is 0.475 e. The number of hydrogen-bond donors (Lipinski definition) is 4. The maximum atomic E-state index is 13.0. The van der Waals surface area contributed by atoms with E-state index in [1.165, 1.54) is 24.3 Å². The highest BCUT2D eigenvalue weighted by Crippen LogP contribution is 2.49. The number of amides is 2. The summed E-state index contributed by atoms with van der Waals surface area (Å²) in [5.41, 5.74) is -6.15. The van der Waals surface area contributed by atoms with Gasteiger partial charge in [-0.05, 0) is 62.3 Å². The number of carbonyl (C=O) groups is 3. The number of likely N-dealkylation sites (tertiary alicyclic amines) is 1. The summed E-state index contributed by atoms with van der Waals surface area (Å²) in [7, 11) is 0. The summed E-state index contributed by atoms with van der Waals surface area (Å²) >= 11 is 0. The van der Waals surface area contributed by atoms with Crippen molar-refractivity contribution in [1.29, 1.82) is 0 Å². The zero-order valence-corrected chi connectivity index (χ0v) is 21.3. The molecule has 1 heterocycles. The van der Waals surface area contributed by atoms with Crippen LogP contribution in [-0.2, 0) is 10.4 Å². The van der Waals surface area contributed by atoms with E-state index in [4.69, 9.17) is 9.90 Å². The Bertz CT molecular complexity index is 1210. The molecule has 42 heavy (non-hydrogen) atoms. The molecule has 1 fully saturated rings. The number of alkyl halides is 9. The van der Waals surface area contributed by atoms with Gasteiger partial charge in [0.25, 0.3) is 17.4 Å². The Morgan fingerprint density at radius 3 is 1.60 bits per heavy atom. The molecule has 0 aromatic heterocycles. The zero-order chi connectivity index (χ0) is 31.9. The normalized spacial score (nSPS) is 14.5. The average molecular weight is 617 g/mol. The molecule has 1 aliphatic heterocycles. The van der Waals surface area contributed by atoms with E-state index in [1.54, 1.807) is 0 Å². The predicted molar refractivity (Wildman–Crippen MR) is 129 cm³/mol. The lowest BCUT2D eigenvalue weighted by Gasteiger charge is -2.32. The fourth-order valence-corrected chi connectivity index (χ4v) is 3.69. The van der Waals surface area contributed by atoms with Crippen molar-refractivity contribution >= 4 is 23.5 Å². The quantitative estimate of drug-likeness (QED) is 0.335. The van der Waals surface area contributed by atoms with Crippen molar-refractivity contribution in [2.24, 2.45) is 0 Å². The second kappa shape index (κ2) is 13.4. The molecule has 2 aromatic rings. The van der Waals surface area contributed by atoms with E-state index in [1.807, 2.05) is 0 Å². The van der Waals surface area contributed by atoms with Gasteiger partial charge in [-0.3, -0.25) is 9.59 Å². The summed E-state index contributed by atoms with van der Waals surface area (Å²) in [5.74, 6) is -3.85. The Hall–Kier alpha value is -3.86. The fourth-order valence-electron chi connectivity index (χ4n) is 3.69. The van der Waals surface area contributed by atoms with Gasteiger partial charge in [0.05, 0.1) is 0 Å². The summed E-state index contributed by atoms with van der Waals surface area (Å²) in [6.07, 6.45) is -14.8. The summed E-state index contributed by atoms with van der Waals surface area (Å²) in [6, 6.07) is 8.09. The van der Waals surface area contributed by atoms with Crippen LogP contribution < -0.4 is 10.6 Å². The molecule has 0 saturated carbocycles. The van der Waals surface area contributed by atoms with Crippen LogP contribution in [0.5, 0.6) is 0 Å². The molecule has 1 aliphatic rings. The number of hydrogen-bond acceptors (Lipinski definition) is 5. The van der Waals surface area contributed by atoms with Crippen LogP contribution in [0.1, 0.15) is 39.1 Å². The summed E-state index contributed by atoms with van der Waals surface area (Å²) < 4.78 is 110. The maximum Gasteiger partial charge on any atom is 0.490 e. The van der Waals surface area contributed by atoms with Gasteiger partial charge in [-0.1, -0.05) is 12.1 Å². The number of nitrogens with one attached hydrogen (secondary N) is 2. The molecule has 0 radical (unpaired) electrons. The van der Waals surface area contributed by atoms with Crippen LogP contribution in [0.2, 0.25) is 0 Å². The molecular weight excluding hydrogens is 593 g/mol. The lowest BCUT2D eigenvalue weighted by molar-refractivity contribution is -0.376. The third-order valence-corrected chi connectivity index (χ3v) is 5.95. The first-order chi connectivity index (χ1) is 19.3. The minimum atomic E-state index is -6.02. The van der Waals surface area contributed by atoms with Crippen LogP contribution in [0.3, 0.4) is 0 Å². The lowest BCUT2D eigenvalue weighted by atomic mass is 9.91. The molecule has 2 aromatic carbocycles. The van der Waals surface area contributed by atoms with Crippen molar-refractivity contribution in [2.75, 3.05) is 31.5 Å². The van der Waals surface area contributed by atoms with Gasteiger partial charge in [0, 0.05) is 35.5 Å². The number of nitrogens with zero attached hydrogens (tertiary/aromatic N) is 1. The van der Waals surface area contributed by atoms with E-state index in [-0.39, 0.29) is 17.2 Å². The number of benzene rings is 2. The maximum absolute atomic E-state index is 13.0. The van der Waals surface area contributed by atoms with Gasteiger partial charge in [-0.15, -0.1) is 0 Å². The Labute approximate surface area is 232 Å².